The van der Waals surface area contributed by atoms with Crippen molar-refractivity contribution in [2.45, 2.75) is 24.9 Å². The van der Waals surface area contributed by atoms with Crippen molar-refractivity contribution >= 4 is 38.7 Å². The van der Waals surface area contributed by atoms with Crippen molar-refractivity contribution in [3.05, 3.63) is 12.1 Å². The van der Waals surface area contributed by atoms with E-state index in [2.05, 4.69) is 5.32 Å². The van der Waals surface area contributed by atoms with Gasteiger partial charge in [0, 0.05) is 21.0 Å². The van der Waals surface area contributed by atoms with Gasteiger partial charge in [0.15, 0.2) is 9.84 Å². The van der Waals surface area contributed by atoms with Crippen LogP contribution in [-0.4, -0.2) is 46.3 Å². The largest absolute Gasteiger partial charge is 0.471 e. The van der Waals surface area contributed by atoms with Crippen molar-refractivity contribution in [1.82, 2.24) is 0 Å². The van der Waals surface area contributed by atoms with E-state index < -0.39 is 33.5 Å². The molecule has 2 N–H and O–H groups in total. The fourth-order valence-electron chi connectivity index (χ4n) is 2.03. The van der Waals surface area contributed by atoms with Crippen molar-refractivity contribution in [3.8, 4) is 0 Å². The first kappa shape index (κ1) is 20.7. The molecule has 25 heavy (non-hydrogen) atoms. The highest BCUT2D eigenvalue weighted by Gasteiger charge is 2.40. The van der Waals surface area contributed by atoms with Crippen molar-refractivity contribution in [2.75, 3.05) is 35.4 Å². The molecular formula is C14H18F3N3O4S. The summed E-state index contributed by atoms with van der Waals surface area (Å²) in [6, 6.07) is 2.30. The standard InChI is InChI=1S/C14H18F3N3O4S/c1-5-25(23,24)10-7-6-9(18-8(2)21)11(12(10)20(3)4)19-13(22)14(15,16)17/h6-7H,5H2,1-4H3,(H,18,21)(H,19,22). The zero-order chi connectivity index (χ0) is 19.6. The molecule has 0 heterocycles. The van der Waals surface area contributed by atoms with Crippen LogP contribution < -0.4 is 15.5 Å². The number of hydrogen-bond donors (Lipinski definition) is 2. The van der Waals surface area contributed by atoms with E-state index in [4.69, 9.17) is 0 Å². The summed E-state index contributed by atoms with van der Waals surface area (Å²) >= 11 is 0. The maximum atomic E-state index is 12.6. The van der Waals surface area contributed by atoms with E-state index in [-0.39, 0.29) is 22.0 Å². The van der Waals surface area contributed by atoms with Gasteiger partial charge in [-0.1, -0.05) is 6.92 Å². The minimum absolute atomic E-state index is 0.149. The summed E-state index contributed by atoms with van der Waals surface area (Å²) < 4.78 is 62.4. The number of nitrogens with one attached hydrogen (secondary N) is 2. The molecule has 0 unspecified atom stereocenters. The van der Waals surface area contributed by atoms with Gasteiger partial charge in [0.1, 0.15) is 0 Å². The van der Waals surface area contributed by atoms with E-state index in [0.29, 0.717) is 0 Å². The molecule has 1 aromatic rings. The Morgan fingerprint density at radius 2 is 1.72 bits per heavy atom. The Bertz CT molecular complexity index is 789. The molecule has 0 aliphatic carbocycles. The van der Waals surface area contributed by atoms with Crippen LogP contribution in [-0.2, 0) is 19.4 Å². The third kappa shape index (κ3) is 4.84. The molecule has 1 rings (SSSR count). The molecule has 2 amide bonds. The molecule has 0 spiro atoms. The zero-order valence-corrected chi connectivity index (χ0v) is 14.8. The van der Waals surface area contributed by atoms with E-state index in [1.54, 1.807) is 5.32 Å². The Kier molecular flexibility index (Phi) is 6.05. The lowest BCUT2D eigenvalue weighted by molar-refractivity contribution is -0.167. The van der Waals surface area contributed by atoms with Crippen LogP contribution in [0.15, 0.2) is 17.0 Å². The molecule has 0 fully saturated rings. The Morgan fingerprint density at radius 3 is 2.12 bits per heavy atom. The predicted octanol–water partition coefficient (Wildman–Crippen LogP) is 2.01. The highest BCUT2D eigenvalue weighted by atomic mass is 32.2. The zero-order valence-electron chi connectivity index (χ0n) is 14.0. The molecule has 7 nitrogen and oxygen atoms in total. The van der Waals surface area contributed by atoms with Gasteiger partial charge in [-0.15, -0.1) is 0 Å². The maximum Gasteiger partial charge on any atom is 0.471 e. The highest BCUT2D eigenvalue weighted by Crippen LogP contribution is 2.39. The Labute approximate surface area is 143 Å². The van der Waals surface area contributed by atoms with Crippen molar-refractivity contribution in [1.29, 1.82) is 0 Å². The number of hydrogen-bond acceptors (Lipinski definition) is 5. The Hall–Kier alpha value is -2.30. The Morgan fingerprint density at radius 1 is 1.16 bits per heavy atom. The minimum atomic E-state index is -5.18. The van der Waals surface area contributed by atoms with Crippen molar-refractivity contribution < 1.29 is 31.2 Å². The number of amides is 2. The first-order valence-corrected chi connectivity index (χ1v) is 8.69. The molecule has 11 heteroatoms. The summed E-state index contributed by atoms with van der Waals surface area (Å²) in [5.74, 6) is -3.17. The number of halogens is 3. The smallest absolute Gasteiger partial charge is 0.375 e. The molecule has 0 saturated heterocycles. The Balaban J connectivity index is 3.73. The van der Waals surface area contributed by atoms with Gasteiger partial charge in [-0.3, -0.25) is 9.59 Å². The van der Waals surface area contributed by atoms with Crippen LogP contribution in [0, 0.1) is 0 Å². The van der Waals surface area contributed by atoms with Gasteiger partial charge < -0.3 is 15.5 Å². The fourth-order valence-corrected chi connectivity index (χ4v) is 3.19. The average molecular weight is 381 g/mol. The third-order valence-corrected chi connectivity index (χ3v) is 4.87. The fraction of sp³-hybridized carbons (Fsp3) is 0.429. The van der Waals surface area contributed by atoms with Gasteiger partial charge in [0.05, 0.1) is 27.7 Å². The number of alkyl halides is 3. The summed E-state index contributed by atoms with van der Waals surface area (Å²) in [5, 5.41) is 3.94. The van der Waals surface area contributed by atoms with Crippen LogP contribution in [0.1, 0.15) is 13.8 Å². The predicted molar refractivity (Wildman–Crippen MR) is 87.5 cm³/mol. The second kappa shape index (κ2) is 7.30. The topological polar surface area (TPSA) is 95.6 Å². The first-order valence-electron chi connectivity index (χ1n) is 7.04. The summed E-state index contributed by atoms with van der Waals surface area (Å²) in [7, 11) is -0.985. The van der Waals surface area contributed by atoms with E-state index in [1.165, 1.54) is 32.0 Å². The van der Waals surface area contributed by atoms with Gasteiger partial charge in [0.25, 0.3) is 0 Å². The van der Waals surface area contributed by atoms with Crippen LogP contribution in [0.2, 0.25) is 0 Å². The molecule has 0 aliphatic rings. The van der Waals surface area contributed by atoms with Gasteiger partial charge in [-0.25, -0.2) is 8.42 Å². The van der Waals surface area contributed by atoms with Gasteiger partial charge in [-0.05, 0) is 12.1 Å². The van der Waals surface area contributed by atoms with Gasteiger partial charge >= 0.3 is 12.1 Å². The lowest BCUT2D eigenvalue weighted by Gasteiger charge is -2.24. The van der Waals surface area contributed by atoms with Crippen molar-refractivity contribution in [2.24, 2.45) is 0 Å². The molecular weight excluding hydrogens is 363 g/mol. The number of rotatable bonds is 5. The van der Waals surface area contributed by atoms with Crippen LogP contribution in [0.5, 0.6) is 0 Å². The second-order valence-electron chi connectivity index (χ2n) is 5.27. The molecule has 0 saturated carbocycles. The molecule has 0 bridgehead atoms. The SMILES string of the molecule is CCS(=O)(=O)c1ccc(NC(C)=O)c(NC(=O)C(F)(F)F)c1N(C)C. The third-order valence-electron chi connectivity index (χ3n) is 3.11. The molecule has 0 aliphatic heterocycles. The van der Waals surface area contributed by atoms with Crippen LogP contribution in [0.4, 0.5) is 30.2 Å². The lowest BCUT2D eigenvalue weighted by atomic mass is 10.2. The summed E-state index contributed by atoms with van der Waals surface area (Å²) in [5.41, 5.74) is -0.758. The molecule has 140 valence electrons. The van der Waals surface area contributed by atoms with Crippen LogP contribution in [0.3, 0.4) is 0 Å². The maximum absolute atomic E-state index is 12.6. The normalized spacial score (nSPS) is 11.8. The van der Waals surface area contributed by atoms with Crippen molar-refractivity contribution in [3.63, 3.8) is 0 Å². The van der Waals surface area contributed by atoms with Gasteiger partial charge in [-0.2, -0.15) is 13.2 Å². The molecule has 0 atom stereocenters. The lowest BCUT2D eigenvalue weighted by Crippen LogP contribution is -2.31. The van der Waals surface area contributed by atoms with Crippen LogP contribution in [0.25, 0.3) is 0 Å². The highest BCUT2D eigenvalue weighted by molar-refractivity contribution is 7.91. The van der Waals surface area contributed by atoms with E-state index >= 15 is 0 Å². The molecule has 0 radical (unpaired) electrons. The molecule has 1 aromatic carbocycles. The number of carbonyl (C=O) groups is 2. The first-order chi connectivity index (χ1) is 11.3. The van der Waals surface area contributed by atoms with E-state index in [0.717, 1.165) is 13.0 Å². The quantitative estimate of drug-likeness (QED) is 0.814. The second-order valence-corrected chi connectivity index (χ2v) is 7.51. The van der Waals surface area contributed by atoms with E-state index in [1.807, 2.05) is 0 Å². The average Bonchev–Trinajstić information content (AvgIpc) is 2.46. The van der Waals surface area contributed by atoms with Crippen LogP contribution >= 0.6 is 0 Å². The monoisotopic (exact) mass is 381 g/mol. The van der Waals surface area contributed by atoms with E-state index in [9.17, 15) is 31.2 Å². The number of sulfone groups is 1. The number of benzene rings is 1. The number of anilines is 3. The number of nitrogens with zero attached hydrogens (tertiary/aromatic N) is 1. The number of carbonyl (C=O) groups excluding carboxylic acids is 2. The summed E-state index contributed by atoms with van der Waals surface area (Å²) in [4.78, 5) is 23.6. The minimum Gasteiger partial charge on any atom is -0.375 e. The summed E-state index contributed by atoms with van der Waals surface area (Å²) in [6.45, 7) is 2.51. The summed E-state index contributed by atoms with van der Waals surface area (Å²) in [6.07, 6.45) is -5.18. The molecule has 0 aromatic heterocycles. The van der Waals surface area contributed by atoms with Gasteiger partial charge in [0.2, 0.25) is 5.91 Å².